The highest BCUT2D eigenvalue weighted by Gasteiger charge is 2.00. The van der Waals surface area contributed by atoms with Crippen molar-refractivity contribution in [1.82, 2.24) is 0 Å². The average Bonchev–Trinajstić information content (AvgIpc) is 2.16. The van der Waals surface area contributed by atoms with E-state index >= 15 is 0 Å². The molecule has 0 aliphatic heterocycles. The third kappa shape index (κ3) is 2.74. The first-order chi connectivity index (χ1) is 6.27. The Balaban J connectivity index is 2.73. The van der Waals surface area contributed by atoms with Crippen LogP contribution in [0, 0.1) is 0 Å². The van der Waals surface area contributed by atoms with Crippen LogP contribution in [0.15, 0.2) is 18.2 Å². The van der Waals surface area contributed by atoms with Gasteiger partial charge in [-0.2, -0.15) is 0 Å². The van der Waals surface area contributed by atoms with E-state index in [0.29, 0.717) is 12.3 Å². The first-order valence-corrected chi connectivity index (χ1v) is 4.78. The molecule has 0 aromatic heterocycles. The minimum Gasteiger partial charge on any atom is -0.508 e. The molecule has 0 atom stereocenters. The zero-order valence-electron chi connectivity index (χ0n) is 8.09. The van der Waals surface area contributed by atoms with Crippen LogP contribution in [0.1, 0.15) is 30.9 Å². The maximum Gasteiger partial charge on any atom is 0.119 e. The fraction of sp³-hybridized carbons (Fsp3) is 0.455. The molecule has 2 heteroatoms. The number of aromatic hydroxyl groups is 1. The van der Waals surface area contributed by atoms with Gasteiger partial charge in [-0.25, -0.2) is 0 Å². The summed E-state index contributed by atoms with van der Waals surface area (Å²) in [5.41, 5.74) is 7.47. The molecule has 0 bridgehead atoms. The molecule has 0 fully saturated rings. The van der Waals surface area contributed by atoms with E-state index in [1.165, 1.54) is 0 Å². The van der Waals surface area contributed by atoms with Gasteiger partial charge in [-0.15, -0.1) is 0 Å². The van der Waals surface area contributed by atoms with Gasteiger partial charge in [-0.1, -0.05) is 25.5 Å². The first kappa shape index (κ1) is 10.1. The number of nitrogens with two attached hydrogens (primary N) is 1. The van der Waals surface area contributed by atoms with Gasteiger partial charge < -0.3 is 10.8 Å². The van der Waals surface area contributed by atoms with Crippen LogP contribution in [0.4, 0.5) is 0 Å². The van der Waals surface area contributed by atoms with Crippen LogP contribution in [-0.4, -0.2) is 5.11 Å². The highest BCUT2D eigenvalue weighted by molar-refractivity contribution is 5.36. The Hall–Kier alpha value is -1.02. The number of rotatable bonds is 4. The lowest BCUT2D eigenvalue weighted by Gasteiger charge is -2.05. The Kier molecular flexibility index (Phi) is 3.77. The highest BCUT2D eigenvalue weighted by Crippen LogP contribution is 2.20. The number of unbranched alkanes of at least 4 members (excludes halogenated alkanes) is 1. The van der Waals surface area contributed by atoms with Gasteiger partial charge in [-0.05, 0) is 30.0 Å². The van der Waals surface area contributed by atoms with Crippen LogP contribution in [0.25, 0.3) is 0 Å². The second kappa shape index (κ2) is 4.87. The van der Waals surface area contributed by atoms with Crippen LogP contribution in [-0.2, 0) is 13.0 Å². The van der Waals surface area contributed by atoms with Crippen molar-refractivity contribution in [2.45, 2.75) is 32.7 Å². The summed E-state index contributed by atoms with van der Waals surface area (Å²) >= 11 is 0. The lowest BCUT2D eigenvalue weighted by atomic mass is 10.1. The maximum absolute atomic E-state index is 9.59. The number of hydrogen-bond acceptors (Lipinski definition) is 2. The molecule has 1 rings (SSSR count). The normalized spacial score (nSPS) is 10.3. The second-order valence-corrected chi connectivity index (χ2v) is 3.27. The van der Waals surface area contributed by atoms with Crippen LogP contribution in [0.3, 0.4) is 0 Å². The molecule has 3 N–H and O–H groups in total. The van der Waals surface area contributed by atoms with Crippen molar-refractivity contribution in [2.75, 3.05) is 0 Å². The van der Waals surface area contributed by atoms with Gasteiger partial charge in [-0.3, -0.25) is 0 Å². The zero-order valence-corrected chi connectivity index (χ0v) is 8.09. The molecule has 0 aliphatic carbocycles. The standard InChI is InChI=1S/C11H17NO/c1-2-3-4-10-6-5-9(8-12)7-11(10)13/h5-7,13H,2-4,8,12H2,1H3. The molecule has 0 saturated carbocycles. The van der Waals surface area contributed by atoms with Gasteiger partial charge in [0.05, 0.1) is 0 Å². The molecule has 13 heavy (non-hydrogen) atoms. The van der Waals surface area contributed by atoms with Crippen LogP contribution >= 0.6 is 0 Å². The SMILES string of the molecule is CCCCc1ccc(CN)cc1O. The van der Waals surface area contributed by atoms with E-state index in [-0.39, 0.29) is 0 Å². The van der Waals surface area contributed by atoms with Gasteiger partial charge in [0.15, 0.2) is 0 Å². The molecule has 0 aliphatic rings. The molecule has 1 aromatic carbocycles. The second-order valence-electron chi connectivity index (χ2n) is 3.27. The van der Waals surface area contributed by atoms with Crippen molar-refractivity contribution in [3.05, 3.63) is 29.3 Å². The molecular weight excluding hydrogens is 162 g/mol. The Labute approximate surface area is 79.4 Å². The number of aryl methyl sites for hydroxylation is 1. The largest absolute Gasteiger partial charge is 0.508 e. The van der Waals surface area contributed by atoms with Crippen molar-refractivity contribution in [3.8, 4) is 5.75 Å². The van der Waals surface area contributed by atoms with E-state index in [9.17, 15) is 5.11 Å². The van der Waals surface area contributed by atoms with Crippen molar-refractivity contribution < 1.29 is 5.11 Å². The van der Waals surface area contributed by atoms with Gasteiger partial charge in [0.2, 0.25) is 0 Å². The van der Waals surface area contributed by atoms with E-state index in [2.05, 4.69) is 6.92 Å². The van der Waals surface area contributed by atoms with Crippen LogP contribution < -0.4 is 5.73 Å². The number of benzene rings is 1. The summed E-state index contributed by atoms with van der Waals surface area (Å²) in [6.45, 7) is 2.63. The molecule has 0 spiro atoms. The predicted octanol–water partition coefficient (Wildman–Crippen LogP) is 2.19. The minimum atomic E-state index is 0.386. The number of hydrogen-bond donors (Lipinski definition) is 2. The smallest absolute Gasteiger partial charge is 0.119 e. The quantitative estimate of drug-likeness (QED) is 0.744. The van der Waals surface area contributed by atoms with Gasteiger partial charge >= 0.3 is 0 Å². The van der Waals surface area contributed by atoms with Crippen LogP contribution in [0.5, 0.6) is 5.75 Å². The fourth-order valence-corrected chi connectivity index (χ4v) is 1.32. The van der Waals surface area contributed by atoms with E-state index in [4.69, 9.17) is 5.73 Å². The Bertz CT molecular complexity index is 271. The lowest BCUT2D eigenvalue weighted by Crippen LogP contribution is -1.96. The first-order valence-electron chi connectivity index (χ1n) is 4.78. The van der Waals surface area contributed by atoms with Crippen LogP contribution in [0.2, 0.25) is 0 Å². The summed E-state index contributed by atoms with van der Waals surface area (Å²) in [6, 6.07) is 5.70. The number of phenols is 1. The Morgan fingerprint density at radius 1 is 1.38 bits per heavy atom. The molecule has 2 nitrogen and oxygen atoms in total. The molecule has 0 saturated heterocycles. The summed E-state index contributed by atoms with van der Waals surface area (Å²) < 4.78 is 0. The summed E-state index contributed by atoms with van der Waals surface area (Å²) in [5.74, 6) is 0.386. The van der Waals surface area contributed by atoms with Gasteiger partial charge in [0.25, 0.3) is 0 Å². The zero-order chi connectivity index (χ0) is 9.68. The molecule has 0 unspecified atom stereocenters. The van der Waals surface area contributed by atoms with Crippen molar-refractivity contribution in [3.63, 3.8) is 0 Å². The monoisotopic (exact) mass is 179 g/mol. The summed E-state index contributed by atoms with van der Waals surface area (Å²) in [7, 11) is 0. The predicted molar refractivity (Wildman–Crippen MR) is 54.6 cm³/mol. The van der Waals surface area contributed by atoms with Crippen molar-refractivity contribution in [1.29, 1.82) is 0 Å². The van der Waals surface area contributed by atoms with E-state index in [1.54, 1.807) is 6.07 Å². The average molecular weight is 179 g/mol. The molecule has 0 radical (unpaired) electrons. The van der Waals surface area contributed by atoms with Crippen molar-refractivity contribution in [2.24, 2.45) is 5.73 Å². The van der Waals surface area contributed by atoms with Crippen molar-refractivity contribution >= 4 is 0 Å². The van der Waals surface area contributed by atoms with E-state index < -0.39 is 0 Å². The number of phenolic OH excluding ortho intramolecular Hbond substituents is 1. The van der Waals surface area contributed by atoms with E-state index in [1.807, 2.05) is 12.1 Å². The summed E-state index contributed by atoms with van der Waals surface area (Å²) in [6.07, 6.45) is 3.22. The molecule has 72 valence electrons. The Morgan fingerprint density at radius 2 is 2.15 bits per heavy atom. The van der Waals surface area contributed by atoms with E-state index in [0.717, 1.165) is 30.4 Å². The summed E-state index contributed by atoms with van der Waals surface area (Å²) in [4.78, 5) is 0. The maximum atomic E-state index is 9.59. The van der Waals surface area contributed by atoms with Gasteiger partial charge in [0, 0.05) is 6.54 Å². The third-order valence-electron chi connectivity index (χ3n) is 2.19. The third-order valence-corrected chi connectivity index (χ3v) is 2.19. The summed E-state index contributed by atoms with van der Waals surface area (Å²) in [5, 5.41) is 9.59. The van der Waals surface area contributed by atoms with Gasteiger partial charge in [0.1, 0.15) is 5.75 Å². The molecular formula is C11H17NO. The lowest BCUT2D eigenvalue weighted by molar-refractivity contribution is 0.466. The topological polar surface area (TPSA) is 46.2 Å². The molecule has 1 aromatic rings. The molecule has 0 amide bonds. The molecule has 0 heterocycles. The minimum absolute atomic E-state index is 0.386. The fourth-order valence-electron chi connectivity index (χ4n) is 1.32. The highest BCUT2D eigenvalue weighted by atomic mass is 16.3. The Morgan fingerprint density at radius 3 is 2.69 bits per heavy atom.